The summed E-state index contributed by atoms with van der Waals surface area (Å²) in [5.74, 6) is 0.515. The van der Waals surface area contributed by atoms with Crippen molar-refractivity contribution in [1.29, 1.82) is 0 Å². The van der Waals surface area contributed by atoms with Crippen molar-refractivity contribution in [2.75, 3.05) is 6.61 Å². The molecule has 0 aliphatic heterocycles. The zero-order valence-electron chi connectivity index (χ0n) is 9.50. The Balaban J connectivity index is 2.54. The van der Waals surface area contributed by atoms with Gasteiger partial charge in [-0.05, 0) is 46.4 Å². The third-order valence-corrected chi connectivity index (χ3v) is 3.14. The number of benzene rings is 1. The lowest BCUT2D eigenvalue weighted by atomic mass is 10.0. The number of rotatable bonds is 2. The van der Waals surface area contributed by atoms with Crippen LogP contribution in [-0.2, 0) is 0 Å². The Hall–Kier alpha value is -0.860. The van der Waals surface area contributed by atoms with Crippen LogP contribution in [0.3, 0.4) is 0 Å². The second-order valence-corrected chi connectivity index (χ2v) is 5.30. The number of fused-ring (bicyclic) bond motifs is 1. The van der Waals surface area contributed by atoms with Gasteiger partial charge < -0.3 is 5.11 Å². The maximum Gasteiger partial charge on any atom is 0.0688 e. The molecule has 0 heterocycles. The summed E-state index contributed by atoms with van der Waals surface area (Å²) in [5.41, 5.74) is 4.59. The molecule has 0 saturated heterocycles. The van der Waals surface area contributed by atoms with E-state index in [4.69, 9.17) is 0 Å². The first-order valence-electron chi connectivity index (χ1n) is 5.45. The van der Waals surface area contributed by atoms with E-state index < -0.39 is 0 Å². The molecule has 2 heteroatoms. The molecule has 84 valence electrons. The predicted molar refractivity (Wildman–Crippen MR) is 72.0 cm³/mol. The lowest BCUT2D eigenvalue weighted by Crippen LogP contribution is -1.89. The van der Waals surface area contributed by atoms with Gasteiger partial charge >= 0.3 is 0 Å². The number of aliphatic hydroxyl groups excluding tert-OH is 1. The van der Waals surface area contributed by atoms with E-state index in [1.807, 2.05) is 6.07 Å². The Morgan fingerprint density at radius 2 is 2.06 bits per heavy atom. The van der Waals surface area contributed by atoms with Crippen LogP contribution in [0.4, 0.5) is 0 Å². The van der Waals surface area contributed by atoms with Crippen LogP contribution in [0, 0.1) is 5.92 Å². The Morgan fingerprint density at radius 1 is 1.31 bits per heavy atom. The minimum absolute atomic E-state index is 0.0961. The van der Waals surface area contributed by atoms with Crippen LogP contribution < -0.4 is 0 Å². The molecule has 1 aliphatic rings. The quantitative estimate of drug-likeness (QED) is 0.871. The predicted octanol–water partition coefficient (Wildman–Crippen LogP) is 3.88. The van der Waals surface area contributed by atoms with Gasteiger partial charge in [0, 0.05) is 4.47 Å². The lowest BCUT2D eigenvalue weighted by Gasteiger charge is -2.05. The number of aliphatic hydroxyl groups is 1. The largest absolute Gasteiger partial charge is 0.392 e. The van der Waals surface area contributed by atoms with Gasteiger partial charge in [-0.1, -0.05) is 41.9 Å². The Bertz CT molecular complexity index is 470. The highest BCUT2D eigenvalue weighted by molar-refractivity contribution is 9.10. The fourth-order valence-corrected chi connectivity index (χ4v) is 2.37. The summed E-state index contributed by atoms with van der Waals surface area (Å²) in [7, 11) is 0. The van der Waals surface area contributed by atoms with Crippen molar-refractivity contribution in [3.8, 4) is 0 Å². The topological polar surface area (TPSA) is 20.2 Å². The standard InChI is InChI=1S/C14H15BrO/c1-9(2)5-10-6-11(8-16)14-7-12(15)3-4-13(10)14/h3-7,9,16H,8H2,1-2H3/b10-5+. The molecule has 1 aromatic rings. The van der Waals surface area contributed by atoms with Gasteiger partial charge in [-0.3, -0.25) is 0 Å². The molecule has 1 aromatic carbocycles. The van der Waals surface area contributed by atoms with E-state index in [0.29, 0.717) is 5.92 Å². The molecule has 0 saturated carbocycles. The monoisotopic (exact) mass is 278 g/mol. The maximum absolute atomic E-state index is 9.34. The average molecular weight is 279 g/mol. The summed E-state index contributed by atoms with van der Waals surface area (Å²) >= 11 is 3.46. The number of halogens is 1. The molecule has 1 aliphatic carbocycles. The highest BCUT2D eigenvalue weighted by atomic mass is 79.9. The van der Waals surface area contributed by atoms with Crippen LogP contribution in [0.25, 0.3) is 11.1 Å². The molecule has 0 spiro atoms. The molecule has 0 aromatic heterocycles. The number of hydrogen-bond donors (Lipinski definition) is 1. The summed E-state index contributed by atoms with van der Waals surface area (Å²) in [6, 6.07) is 6.21. The molecular formula is C14H15BrO. The lowest BCUT2D eigenvalue weighted by molar-refractivity contribution is 0.350. The summed E-state index contributed by atoms with van der Waals surface area (Å²) in [4.78, 5) is 0. The van der Waals surface area contributed by atoms with Crippen LogP contribution in [0.5, 0.6) is 0 Å². The second kappa shape index (κ2) is 4.56. The maximum atomic E-state index is 9.34. The van der Waals surface area contributed by atoms with Gasteiger partial charge in [0.1, 0.15) is 0 Å². The molecule has 1 nitrogen and oxygen atoms in total. The van der Waals surface area contributed by atoms with Crippen molar-refractivity contribution >= 4 is 27.1 Å². The van der Waals surface area contributed by atoms with Crippen molar-refractivity contribution < 1.29 is 5.11 Å². The summed E-state index contributed by atoms with van der Waals surface area (Å²) in [5, 5.41) is 9.34. The van der Waals surface area contributed by atoms with Crippen LogP contribution >= 0.6 is 15.9 Å². The zero-order chi connectivity index (χ0) is 11.7. The normalized spacial score (nSPS) is 16.8. The van der Waals surface area contributed by atoms with Crippen LogP contribution in [-0.4, -0.2) is 11.7 Å². The summed E-state index contributed by atoms with van der Waals surface area (Å²) in [6.45, 7) is 4.42. The number of allylic oxidation sites excluding steroid dienone is 3. The fourth-order valence-electron chi connectivity index (χ4n) is 2.00. The molecule has 0 bridgehead atoms. The van der Waals surface area contributed by atoms with Crippen molar-refractivity contribution in [2.24, 2.45) is 5.92 Å². The highest BCUT2D eigenvalue weighted by Gasteiger charge is 2.17. The van der Waals surface area contributed by atoms with Crippen LogP contribution in [0.15, 0.2) is 34.8 Å². The first-order valence-corrected chi connectivity index (χ1v) is 6.24. The van der Waals surface area contributed by atoms with E-state index in [9.17, 15) is 5.11 Å². The van der Waals surface area contributed by atoms with E-state index in [1.165, 1.54) is 11.1 Å². The third kappa shape index (κ3) is 2.13. The van der Waals surface area contributed by atoms with Gasteiger partial charge in [-0.2, -0.15) is 0 Å². The van der Waals surface area contributed by atoms with Gasteiger partial charge in [-0.25, -0.2) is 0 Å². The Morgan fingerprint density at radius 3 is 2.69 bits per heavy atom. The third-order valence-electron chi connectivity index (χ3n) is 2.65. The van der Waals surface area contributed by atoms with E-state index in [0.717, 1.165) is 15.6 Å². The Labute approximate surface area is 105 Å². The van der Waals surface area contributed by atoms with Gasteiger partial charge in [0.2, 0.25) is 0 Å². The van der Waals surface area contributed by atoms with Crippen molar-refractivity contribution in [3.63, 3.8) is 0 Å². The fraction of sp³-hybridized carbons (Fsp3) is 0.286. The van der Waals surface area contributed by atoms with E-state index in [1.54, 1.807) is 0 Å². The molecular weight excluding hydrogens is 264 g/mol. The van der Waals surface area contributed by atoms with Gasteiger partial charge in [0.25, 0.3) is 0 Å². The Kier molecular flexibility index (Phi) is 3.31. The summed E-state index contributed by atoms with van der Waals surface area (Å²) < 4.78 is 1.05. The molecule has 0 atom stereocenters. The van der Waals surface area contributed by atoms with Crippen molar-refractivity contribution in [3.05, 3.63) is 46.0 Å². The average Bonchev–Trinajstić information content (AvgIpc) is 2.55. The van der Waals surface area contributed by atoms with Crippen molar-refractivity contribution in [1.82, 2.24) is 0 Å². The van der Waals surface area contributed by atoms with Gasteiger partial charge in [0.15, 0.2) is 0 Å². The molecule has 0 unspecified atom stereocenters. The van der Waals surface area contributed by atoms with E-state index in [2.05, 4.69) is 54.1 Å². The molecule has 2 rings (SSSR count). The minimum Gasteiger partial charge on any atom is -0.392 e. The molecule has 0 amide bonds. The van der Waals surface area contributed by atoms with Crippen LogP contribution in [0.1, 0.15) is 25.0 Å². The first-order chi connectivity index (χ1) is 7.61. The molecule has 0 radical (unpaired) electrons. The second-order valence-electron chi connectivity index (χ2n) is 4.38. The number of hydrogen-bond acceptors (Lipinski definition) is 1. The molecule has 1 N–H and O–H groups in total. The minimum atomic E-state index is 0.0961. The first kappa shape index (κ1) is 11.6. The van der Waals surface area contributed by atoms with Gasteiger partial charge in [-0.15, -0.1) is 0 Å². The SMILES string of the molecule is CC(C)/C=C1\C=C(CO)c2cc(Br)ccc21. The van der Waals surface area contributed by atoms with Crippen LogP contribution in [0.2, 0.25) is 0 Å². The highest BCUT2D eigenvalue weighted by Crippen LogP contribution is 2.37. The van der Waals surface area contributed by atoms with E-state index in [-0.39, 0.29) is 6.61 Å². The molecule has 0 fully saturated rings. The van der Waals surface area contributed by atoms with Crippen molar-refractivity contribution in [2.45, 2.75) is 13.8 Å². The zero-order valence-corrected chi connectivity index (χ0v) is 11.1. The molecule has 16 heavy (non-hydrogen) atoms. The smallest absolute Gasteiger partial charge is 0.0688 e. The van der Waals surface area contributed by atoms with Gasteiger partial charge in [0.05, 0.1) is 6.61 Å². The summed E-state index contributed by atoms with van der Waals surface area (Å²) in [6.07, 6.45) is 4.31. The van der Waals surface area contributed by atoms with E-state index >= 15 is 0 Å².